The fourth-order valence-corrected chi connectivity index (χ4v) is 4.51. The van der Waals surface area contributed by atoms with Crippen LogP contribution in [0.5, 0.6) is 0 Å². The highest BCUT2D eigenvalue weighted by Crippen LogP contribution is 2.42. The molecule has 0 unspecified atom stereocenters. The largest absolute Gasteiger partial charge is 0.343 e. The summed E-state index contributed by atoms with van der Waals surface area (Å²) in [6, 6.07) is 15.4. The predicted molar refractivity (Wildman–Crippen MR) is 120 cm³/mol. The molecule has 6 nitrogen and oxygen atoms in total. The highest BCUT2D eigenvalue weighted by Gasteiger charge is 2.38. The summed E-state index contributed by atoms with van der Waals surface area (Å²) >= 11 is 0. The minimum Gasteiger partial charge on any atom is -0.343 e. The monoisotopic (exact) mass is 412 g/mol. The molecule has 2 aliphatic rings. The number of para-hydroxylation sites is 1. The van der Waals surface area contributed by atoms with Gasteiger partial charge in [-0.25, -0.2) is 4.68 Å². The van der Waals surface area contributed by atoms with Gasteiger partial charge in [0, 0.05) is 23.4 Å². The van der Waals surface area contributed by atoms with Crippen LogP contribution in [0.1, 0.15) is 52.4 Å². The zero-order valence-corrected chi connectivity index (χ0v) is 17.6. The van der Waals surface area contributed by atoms with Crippen molar-refractivity contribution in [1.29, 1.82) is 0 Å². The zero-order chi connectivity index (χ0) is 21.5. The van der Waals surface area contributed by atoms with Gasteiger partial charge in [0.15, 0.2) is 5.78 Å². The topological polar surface area (TPSA) is 76.0 Å². The van der Waals surface area contributed by atoms with Gasteiger partial charge < -0.3 is 10.6 Å². The number of carbonyl (C=O) groups excluding carboxylic acids is 2. The van der Waals surface area contributed by atoms with Crippen LogP contribution < -0.4 is 10.6 Å². The Morgan fingerprint density at radius 2 is 1.81 bits per heavy atom. The fraction of sp³-hybridized carbons (Fsp3) is 0.240. The number of benzene rings is 2. The van der Waals surface area contributed by atoms with Crippen LogP contribution in [0.25, 0.3) is 0 Å². The van der Waals surface area contributed by atoms with Crippen LogP contribution >= 0.6 is 0 Å². The number of allylic oxidation sites excluding steroid dienone is 2. The molecule has 1 amide bonds. The first-order valence-corrected chi connectivity index (χ1v) is 10.6. The maximum absolute atomic E-state index is 13.1. The number of rotatable bonds is 3. The third-order valence-corrected chi connectivity index (χ3v) is 6.16. The molecule has 31 heavy (non-hydrogen) atoms. The second-order valence-corrected chi connectivity index (χ2v) is 8.17. The predicted octanol–water partition coefficient (Wildman–Crippen LogP) is 4.77. The SMILES string of the molecule is Cc1ccccc1NC(=O)c1cnn2c1NC1=C(C(=O)CCC1)[C@@H]2c1ccccc1C. The number of ketones is 1. The normalized spacial score (nSPS) is 17.6. The van der Waals surface area contributed by atoms with Crippen molar-refractivity contribution in [3.63, 3.8) is 0 Å². The van der Waals surface area contributed by atoms with Crippen molar-refractivity contribution in [3.8, 4) is 0 Å². The molecule has 3 aromatic rings. The molecule has 0 saturated heterocycles. The molecule has 2 N–H and O–H groups in total. The maximum atomic E-state index is 13.1. The summed E-state index contributed by atoms with van der Waals surface area (Å²) < 4.78 is 1.79. The van der Waals surface area contributed by atoms with Crippen molar-refractivity contribution in [2.24, 2.45) is 0 Å². The lowest BCUT2D eigenvalue weighted by Crippen LogP contribution is -2.32. The van der Waals surface area contributed by atoms with Gasteiger partial charge in [0.1, 0.15) is 17.4 Å². The van der Waals surface area contributed by atoms with Crippen LogP contribution in [0.4, 0.5) is 11.5 Å². The van der Waals surface area contributed by atoms with E-state index in [1.165, 1.54) is 0 Å². The summed E-state index contributed by atoms with van der Waals surface area (Å²) in [6.45, 7) is 4.00. The van der Waals surface area contributed by atoms with Gasteiger partial charge in [0.05, 0.1) is 6.20 Å². The highest BCUT2D eigenvalue weighted by atomic mass is 16.1. The zero-order valence-electron chi connectivity index (χ0n) is 17.6. The van der Waals surface area contributed by atoms with Crippen molar-refractivity contribution in [2.45, 2.75) is 39.2 Å². The van der Waals surface area contributed by atoms with E-state index in [2.05, 4.69) is 15.7 Å². The number of anilines is 2. The fourth-order valence-electron chi connectivity index (χ4n) is 4.51. The lowest BCUT2D eigenvalue weighted by Gasteiger charge is -2.34. The number of Topliss-reactive ketones (excluding diaryl/α,β-unsaturated/α-hetero) is 1. The van der Waals surface area contributed by atoms with E-state index >= 15 is 0 Å². The smallest absolute Gasteiger partial charge is 0.261 e. The number of aryl methyl sites for hydroxylation is 2. The average Bonchev–Trinajstić information content (AvgIpc) is 3.18. The van der Waals surface area contributed by atoms with Crippen LogP contribution in [0.2, 0.25) is 0 Å². The van der Waals surface area contributed by atoms with Gasteiger partial charge in [0.25, 0.3) is 5.91 Å². The first-order chi connectivity index (χ1) is 15.0. The molecule has 0 saturated carbocycles. The van der Waals surface area contributed by atoms with Crippen molar-refractivity contribution >= 4 is 23.2 Å². The van der Waals surface area contributed by atoms with E-state index in [0.717, 1.165) is 46.5 Å². The van der Waals surface area contributed by atoms with E-state index in [1.807, 2.05) is 62.4 Å². The van der Waals surface area contributed by atoms with E-state index < -0.39 is 0 Å². The Bertz CT molecular complexity index is 1240. The minimum absolute atomic E-state index is 0.147. The van der Waals surface area contributed by atoms with Crippen LogP contribution in [0, 0.1) is 13.8 Å². The molecule has 2 heterocycles. The molecule has 0 bridgehead atoms. The number of aromatic nitrogens is 2. The van der Waals surface area contributed by atoms with Gasteiger partial charge in [-0.2, -0.15) is 5.10 Å². The Kier molecular flexibility index (Phi) is 4.70. The number of carbonyl (C=O) groups is 2. The molecule has 1 aromatic heterocycles. The molecule has 1 atom stereocenters. The molecule has 1 aliphatic heterocycles. The van der Waals surface area contributed by atoms with Crippen molar-refractivity contribution in [3.05, 3.63) is 88.3 Å². The second-order valence-electron chi connectivity index (χ2n) is 8.17. The van der Waals surface area contributed by atoms with E-state index in [4.69, 9.17) is 0 Å². The standard InChI is InChI=1S/C25H24N4O2/c1-15-8-3-5-10-17(15)23-22-20(12-7-13-21(22)30)27-24-18(14-26-29(23)24)25(31)28-19-11-6-4-9-16(19)2/h3-6,8-11,14,23,27H,7,12-13H2,1-2H3,(H,28,31)/t23-/m0/s1. The summed E-state index contributed by atoms with van der Waals surface area (Å²) in [5, 5.41) is 10.9. The lowest BCUT2D eigenvalue weighted by atomic mass is 9.84. The van der Waals surface area contributed by atoms with Gasteiger partial charge in [-0.05, 0) is 49.4 Å². The molecular weight excluding hydrogens is 388 g/mol. The summed E-state index contributed by atoms with van der Waals surface area (Å²) in [7, 11) is 0. The molecular formula is C25H24N4O2. The average molecular weight is 412 g/mol. The maximum Gasteiger partial charge on any atom is 0.261 e. The van der Waals surface area contributed by atoms with E-state index in [1.54, 1.807) is 10.9 Å². The second kappa shape index (κ2) is 7.54. The first-order valence-electron chi connectivity index (χ1n) is 10.6. The van der Waals surface area contributed by atoms with E-state index in [-0.39, 0.29) is 17.7 Å². The van der Waals surface area contributed by atoms with Gasteiger partial charge in [-0.1, -0.05) is 42.5 Å². The molecule has 5 rings (SSSR count). The Labute approximate surface area is 181 Å². The Morgan fingerprint density at radius 3 is 2.58 bits per heavy atom. The van der Waals surface area contributed by atoms with Crippen molar-refractivity contribution < 1.29 is 9.59 Å². The summed E-state index contributed by atoms with van der Waals surface area (Å²) in [5.41, 5.74) is 6.02. The van der Waals surface area contributed by atoms with E-state index in [0.29, 0.717) is 17.8 Å². The van der Waals surface area contributed by atoms with Gasteiger partial charge in [-0.15, -0.1) is 0 Å². The Morgan fingerprint density at radius 1 is 1.06 bits per heavy atom. The van der Waals surface area contributed by atoms with Crippen molar-refractivity contribution in [2.75, 3.05) is 10.6 Å². The summed E-state index contributed by atoms with van der Waals surface area (Å²) in [6.07, 6.45) is 3.72. The highest BCUT2D eigenvalue weighted by molar-refractivity contribution is 6.08. The number of hydrogen-bond donors (Lipinski definition) is 2. The molecule has 156 valence electrons. The number of amides is 1. The molecule has 2 aromatic carbocycles. The summed E-state index contributed by atoms with van der Waals surface area (Å²) in [4.78, 5) is 26.1. The van der Waals surface area contributed by atoms with Gasteiger partial charge >= 0.3 is 0 Å². The molecule has 0 spiro atoms. The van der Waals surface area contributed by atoms with Crippen LogP contribution in [0.3, 0.4) is 0 Å². The molecule has 0 fully saturated rings. The third kappa shape index (κ3) is 3.24. The van der Waals surface area contributed by atoms with Crippen LogP contribution in [-0.4, -0.2) is 21.5 Å². The summed E-state index contributed by atoms with van der Waals surface area (Å²) in [5.74, 6) is 0.555. The van der Waals surface area contributed by atoms with Gasteiger partial charge in [0.2, 0.25) is 0 Å². The first kappa shape index (κ1) is 19.3. The number of hydrogen-bond acceptors (Lipinski definition) is 4. The van der Waals surface area contributed by atoms with Crippen molar-refractivity contribution in [1.82, 2.24) is 9.78 Å². The molecule has 0 radical (unpaired) electrons. The molecule has 1 aliphatic carbocycles. The van der Waals surface area contributed by atoms with E-state index in [9.17, 15) is 9.59 Å². The quantitative estimate of drug-likeness (QED) is 0.649. The van der Waals surface area contributed by atoms with Crippen LogP contribution in [-0.2, 0) is 4.79 Å². The molecule has 6 heteroatoms. The Hall–Kier alpha value is -3.67. The number of fused-ring (bicyclic) bond motifs is 1. The number of nitrogens with one attached hydrogen (secondary N) is 2. The third-order valence-electron chi connectivity index (χ3n) is 6.16. The Balaban J connectivity index is 1.60. The van der Waals surface area contributed by atoms with Crippen LogP contribution in [0.15, 0.2) is 66.0 Å². The lowest BCUT2D eigenvalue weighted by molar-refractivity contribution is -0.116. The minimum atomic E-state index is -0.333. The number of nitrogens with zero attached hydrogens (tertiary/aromatic N) is 2. The van der Waals surface area contributed by atoms with Gasteiger partial charge in [-0.3, -0.25) is 9.59 Å².